The van der Waals surface area contributed by atoms with Gasteiger partial charge in [-0.05, 0) is 25.7 Å². The molecule has 92 valence electrons. The van der Waals surface area contributed by atoms with E-state index in [2.05, 4.69) is 26.6 Å². The van der Waals surface area contributed by atoms with E-state index in [0.717, 1.165) is 17.1 Å². The molecule has 0 N–H and O–H groups in total. The van der Waals surface area contributed by atoms with Crippen LogP contribution in [0.4, 0.5) is 0 Å². The number of hydrogen-bond acceptors (Lipinski definition) is 3. The maximum Gasteiger partial charge on any atom is 0.131 e. The van der Waals surface area contributed by atoms with Gasteiger partial charge in [0, 0.05) is 36.8 Å². The van der Waals surface area contributed by atoms with Gasteiger partial charge in [0.05, 0.1) is 11.9 Å². The third kappa shape index (κ3) is 1.64. The van der Waals surface area contributed by atoms with Crippen molar-refractivity contribution < 1.29 is 0 Å². The van der Waals surface area contributed by atoms with Crippen molar-refractivity contribution in [3.05, 3.63) is 30.2 Å². The topological polar surface area (TPSA) is 43.6 Å². The van der Waals surface area contributed by atoms with Crippen LogP contribution in [0, 0.1) is 0 Å². The Hall–Kier alpha value is -1.71. The lowest BCUT2D eigenvalue weighted by Gasteiger charge is -2.05. The van der Waals surface area contributed by atoms with Gasteiger partial charge in [-0.15, -0.1) is 0 Å². The lowest BCUT2D eigenvalue weighted by Crippen LogP contribution is -1.99. The monoisotopic (exact) mass is 240 g/mol. The zero-order chi connectivity index (χ0) is 12.1. The molecule has 18 heavy (non-hydrogen) atoms. The zero-order valence-corrected chi connectivity index (χ0v) is 10.5. The summed E-state index contributed by atoms with van der Waals surface area (Å²) >= 11 is 0. The van der Waals surface area contributed by atoms with Crippen LogP contribution in [-0.4, -0.2) is 19.5 Å². The average molecular weight is 240 g/mol. The Morgan fingerprint density at radius 2 is 1.61 bits per heavy atom. The molecular formula is C14H16N4. The molecule has 2 aromatic heterocycles. The van der Waals surface area contributed by atoms with E-state index in [1.165, 1.54) is 31.5 Å². The second-order valence-corrected chi connectivity index (χ2v) is 5.44. The van der Waals surface area contributed by atoms with Gasteiger partial charge < -0.3 is 4.57 Å². The Morgan fingerprint density at radius 3 is 2.22 bits per heavy atom. The van der Waals surface area contributed by atoms with Crippen LogP contribution in [0.1, 0.15) is 49.2 Å². The van der Waals surface area contributed by atoms with Crippen LogP contribution in [0.3, 0.4) is 0 Å². The van der Waals surface area contributed by atoms with E-state index in [1.54, 1.807) is 0 Å². The predicted octanol–water partition coefficient (Wildman–Crippen LogP) is 2.63. The van der Waals surface area contributed by atoms with Crippen molar-refractivity contribution in [2.75, 3.05) is 0 Å². The van der Waals surface area contributed by atoms with E-state index < -0.39 is 0 Å². The van der Waals surface area contributed by atoms with E-state index >= 15 is 0 Å². The van der Waals surface area contributed by atoms with E-state index in [1.807, 2.05) is 18.6 Å². The van der Waals surface area contributed by atoms with E-state index in [9.17, 15) is 0 Å². The highest BCUT2D eigenvalue weighted by Gasteiger charge is 2.29. The number of nitrogens with zero attached hydrogens (tertiary/aromatic N) is 4. The molecule has 0 unspecified atom stereocenters. The first-order valence-electron chi connectivity index (χ1n) is 6.67. The van der Waals surface area contributed by atoms with Gasteiger partial charge in [0.15, 0.2) is 0 Å². The lowest BCUT2D eigenvalue weighted by atomic mass is 10.2. The minimum atomic E-state index is 0.618. The second-order valence-electron chi connectivity index (χ2n) is 5.44. The highest BCUT2D eigenvalue weighted by atomic mass is 15.1. The first-order chi connectivity index (χ1) is 8.83. The summed E-state index contributed by atoms with van der Waals surface area (Å²) in [6.45, 7) is 0. The van der Waals surface area contributed by atoms with Gasteiger partial charge in [0.2, 0.25) is 0 Å². The third-order valence-corrected chi connectivity index (χ3v) is 3.88. The van der Waals surface area contributed by atoms with Crippen LogP contribution in [0.15, 0.2) is 18.6 Å². The summed E-state index contributed by atoms with van der Waals surface area (Å²) in [5.41, 5.74) is 2.19. The molecule has 0 atom stereocenters. The molecule has 2 heterocycles. The smallest absolute Gasteiger partial charge is 0.131 e. The minimum absolute atomic E-state index is 0.618. The minimum Gasteiger partial charge on any atom is -0.331 e. The van der Waals surface area contributed by atoms with Gasteiger partial charge in [0.25, 0.3) is 0 Å². The van der Waals surface area contributed by atoms with Crippen molar-refractivity contribution in [2.24, 2.45) is 7.05 Å². The number of rotatable bonds is 3. The van der Waals surface area contributed by atoms with Gasteiger partial charge >= 0.3 is 0 Å². The van der Waals surface area contributed by atoms with E-state index in [-0.39, 0.29) is 0 Å². The van der Waals surface area contributed by atoms with Gasteiger partial charge in [-0.2, -0.15) is 0 Å². The molecule has 0 aliphatic heterocycles. The standard InChI is InChI=1S/C14H16N4/c1-18-12(8-17-14(18)10-4-5-10)11-6-15-13(16-7-11)9-2-3-9/h6-10H,2-5H2,1H3. The molecule has 4 rings (SSSR count). The lowest BCUT2D eigenvalue weighted by molar-refractivity contribution is 0.803. The van der Waals surface area contributed by atoms with Crippen LogP contribution in [0.2, 0.25) is 0 Å². The third-order valence-electron chi connectivity index (χ3n) is 3.88. The van der Waals surface area contributed by atoms with Crippen LogP contribution in [0.25, 0.3) is 11.3 Å². The molecule has 0 saturated heterocycles. The molecule has 0 aromatic carbocycles. The average Bonchev–Trinajstić information content (AvgIpc) is 3.28. The summed E-state index contributed by atoms with van der Waals surface area (Å²) in [4.78, 5) is 13.5. The molecule has 2 aromatic rings. The van der Waals surface area contributed by atoms with E-state index in [4.69, 9.17) is 0 Å². The molecule has 4 nitrogen and oxygen atoms in total. The summed E-state index contributed by atoms with van der Waals surface area (Å²) in [7, 11) is 2.09. The van der Waals surface area contributed by atoms with Crippen molar-refractivity contribution in [1.29, 1.82) is 0 Å². The first kappa shape index (κ1) is 10.2. The fourth-order valence-electron chi connectivity index (χ4n) is 2.44. The summed E-state index contributed by atoms with van der Waals surface area (Å²) < 4.78 is 2.19. The molecule has 2 fully saturated rings. The summed E-state index contributed by atoms with van der Waals surface area (Å²) in [6.07, 6.45) is 10.9. The summed E-state index contributed by atoms with van der Waals surface area (Å²) in [5, 5.41) is 0. The van der Waals surface area contributed by atoms with Crippen LogP contribution in [0.5, 0.6) is 0 Å². The maximum absolute atomic E-state index is 4.53. The van der Waals surface area contributed by atoms with Gasteiger partial charge in [-0.3, -0.25) is 0 Å². The second kappa shape index (κ2) is 3.64. The molecule has 2 saturated carbocycles. The zero-order valence-electron chi connectivity index (χ0n) is 10.5. The fourth-order valence-corrected chi connectivity index (χ4v) is 2.44. The first-order valence-corrected chi connectivity index (χ1v) is 6.67. The molecule has 2 aliphatic rings. The SMILES string of the molecule is Cn1c(-c2cnc(C3CC3)nc2)cnc1C1CC1. The van der Waals surface area contributed by atoms with Crippen LogP contribution in [-0.2, 0) is 7.05 Å². The van der Waals surface area contributed by atoms with Gasteiger partial charge in [-0.1, -0.05) is 0 Å². The Kier molecular flexibility index (Phi) is 2.07. The molecule has 0 amide bonds. The van der Waals surface area contributed by atoms with E-state index in [0.29, 0.717) is 11.8 Å². The number of imidazole rings is 1. The van der Waals surface area contributed by atoms with Gasteiger partial charge in [0.1, 0.15) is 11.6 Å². The van der Waals surface area contributed by atoms with Crippen LogP contribution >= 0.6 is 0 Å². The number of hydrogen-bond donors (Lipinski definition) is 0. The highest BCUT2D eigenvalue weighted by Crippen LogP contribution is 2.40. The van der Waals surface area contributed by atoms with Crippen molar-refractivity contribution in [1.82, 2.24) is 19.5 Å². The molecule has 4 heteroatoms. The van der Waals surface area contributed by atoms with Crippen molar-refractivity contribution >= 4 is 0 Å². The molecule has 0 bridgehead atoms. The molecule has 0 radical (unpaired) electrons. The Labute approximate surface area is 106 Å². The Morgan fingerprint density at radius 1 is 0.944 bits per heavy atom. The van der Waals surface area contributed by atoms with Crippen molar-refractivity contribution in [3.63, 3.8) is 0 Å². The fraction of sp³-hybridized carbons (Fsp3) is 0.500. The summed E-state index contributed by atoms with van der Waals surface area (Å²) in [5.74, 6) is 3.50. The maximum atomic E-state index is 4.53. The predicted molar refractivity (Wildman–Crippen MR) is 68.2 cm³/mol. The van der Waals surface area contributed by atoms with Crippen molar-refractivity contribution in [2.45, 2.75) is 37.5 Å². The highest BCUT2D eigenvalue weighted by molar-refractivity contribution is 5.57. The molecule has 2 aliphatic carbocycles. The number of aromatic nitrogens is 4. The normalized spacial score (nSPS) is 19.2. The van der Waals surface area contributed by atoms with Crippen LogP contribution < -0.4 is 0 Å². The summed E-state index contributed by atoms with van der Waals surface area (Å²) in [6, 6.07) is 0. The molecule has 0 spiro atoms. The van der Waals surface area contributed by atoms with Gasteiger partial charge in [-0.25, -0.2) is 15.0 Å². The van der Waals surface area contributed by atoms with Crippen molar-refractivity contribution in [3.8, 4) is 11.3 Å². The Bertz CT molecular complexity index is 576. The largest absolute Gasteiger partial charge is 0.331 e. The quantitative estimate of drug-likeness (QED) is 0.828. The molecular weight excluding hydrogens is 224 g/mol. The Balaban J connectivity index is 1.68.